The van der Waals surface area contributed by atoms with Gasteiger partial charge in [-0.1, -0.05) is 12.2 Å². The summed E-state index contributed by atoms with van der Waals surface area (Å²) in [5.41, 5.74) is -0.685. The van der Waals surface area contributed by atoms with Gasteiger partial charge in [0.15, 0.2) is 0 Å². The molecule has 2 bridgehead atoms. The van der Waals surface area contributed by atoms with Crippen LogP contribution in [0.2, 0.25) is 0 Å². The summed E-state index contributed by atoms with van der Waals surface area (Å²) in [5, 5.41) is 11.2. The van der Waals surface area contributed by atoms with E-state index in [0.717, 1.165) is 12.8 Å². The minimum atomic E-state index is -1.17. The lowest BCUT2D eigenvalue weighted by atomic mass is 9.77. The monoisotopic (exact) mass is 234 g/mol. The van der Waals surface area contributed by atoms with Gasteiger partial charge in [-0.3, -0.25) is 4.79 Å². The van der Waals surface area contributed by atoms with E-state index >= 15 is 0 Å². The summed E-state index contributed by atoms with van der Waals surface area (Å²) in [6, 6.07) is 0.306. The topological polar surface area (TPSA) is 69.7 Å². The number of carboxylic acids is 1. The van der Waals surface area contributed by atoms with Crippen LogP contribution >= 0.6 is 0 Å². The van der Waals surface area contributed by atoms with Gasteiger partial charge in [-0.15, -0.1) is 0 Å². The summed E-state index contributed by atoms with van der Waals surface area (Å²) < 4.78 is 5.74. The summed E-state index contributed by atoms with van der Waals surface area (Å²) in [4.78, 5) is 25.3. The van der Waals surface area contributed by atoms with Crippen molar-refractivity contribution in [1.29, 1.82) is 0 Å². The van der Waals surface area contributed by atoms with Crippen LogP contribution in [0.4, 0.5) is 0 Å². The lowest BCUT2D eigenvalue weighted by Gasteiger charge is -2.24. The van der Waals surface area contributed by atoms with E-state index in [1.807, 2.05) is 6.08 Å². The second-order valence-corrected chi connectivity index (χ2v) is 5.42. The van der Waals surface area contributed by atoms with E-state index in [4.69, 9.17) is 4.74 Å². The number of hydrogen-bond donors (Lipinski definition) is 0. The lowest BCUT2D eigenvalue weighted by Crippen LogP contribution is -2.45. The highest BCUT2D eigenvalue weighted by Crippen LogP contribution is 2.53. The van der Waals surface area contributed by atoms with Crippen LogP contribution in [-0.2, 0) is 14.3 Å². The molecule has 0 N–H and O–H groups in total. The van der Waals surface area contributed by atoms with E-state index in [1.165, 1.54) is 0 Å². The number of fused-ring (bicyclic) bond motifs is 1. The third-order valence-corrected chi connectivity index (χ3v) is 4.39. The number of carboxylic acid groups (broad SMARTS) is 1. The van der Waals surface area contributed by atoms with Crippen LogP contribution in [0.25, 0.3) is 0 Å². The molecule has 1 aliphatic carbocycles. The highest BCUT2D eigenvalue weighted by atomic mass is 16.5. The van der Waals surface area contributed by atoms with Crippen molar-refractivity contribution in [1.82, 2.24) is 4.90 Å². The third-order valence-electron chi connectivity index (χ3n) is 4.39. The van der Waals surface area contributed by atoms with E-state index in [9.17, 15) is 14.7 Å². The molecule has 1 spiro atoms. The number of carbonyl (C=O) groups excluding carboxylic acids is 2. The molecule has 3 heterocycles. The Bertz CT molecular complexity index is 455. The maximum Gasteiger partial charge on any atom is 0.230 e. The molecule has 4 atom stereocenters. The fraction of sp³-hybridized carbons (Fsp3) is 0.667. The second-order valence-electron chi connectivity index (χ2n) is 5.42. The SMILES string of the molecule is O=C([O-])[C@H]1[C@H]2C=C[C@@]3(CN(C4CC4)C(=O)[C@@H]13)O2. The van der Waals surface area contributed by atoms with Crippen molar-refractivity contribution >= 4 is 11.9 Å². The van der Waals surface area contributed by atoms with Crippen molar-refractivity contribution in [3.05, 3.63) is 12.2 Å². The van der Waals surface area contributed by atoms with E-state index in [0.29, 0.717) is 12.6 Å². The average molecular weight is 234 g/mol. The molecule has 2 saturated heterocycles. The van der Waals surface area contributed by atoms with Gasteiger partial charge in [0.2, 0.25) is 5.91 Å². The molecular weight excluding hydrogens is 222 g/mol. The Kier molecular flexibility index (Phi) is 1.54. The van der Waals surface area contributed by atoms with Gasteiger partial charge in [0.1, 0.15) is 5.60 Å². The summed E-state index contributed by atoms with van der Waals surface area (Å²) in [6.07, 6.45) is 5.22. The van der Waals surface area contributed by atoms with E-state index in [-0.39, 0.29) is 5.91 Å². The van der Waals surface area contributed by atoms with Crippen molar-refractivity contribution in [3.8, 4) is 0 Å². The number of hydrogen-bond acceptors (Lipinski definition) is 4. The predicted molar refractivity (Wildman–Crippen MR) is 53.5 cm³/mol. The van der Waals surface area contributed by atoms with E-state index < -0.39 is 29.5 Å². The Balaban J connectivity index is 1.76. The Morgan fingerprint density at radius 3 is 2.94 bits per heavy atom. The van der Waals surface area contributed by atoms with Gasteiger partial charge in [0.25, 0.3) is 0 Å². The average Bonchev–Trinajstić information content (AvgIpc) is 2.89. The maximum absolute atomic E-state index is 12.3. The Morgan fingerprint density at radius 1 is 1.53 bits per heavy atom. The zero-order chi connectivity index (χ0) is 11.8. The minimum Gasteiger partial charge on any atom is -0.550 e. The fourth-order valence-corrected chi connectivity index (χ4v) is 3.49. The zero-order valence-electron chi connectivity index (χ0n) is 9.17. The quantitative estimate of drug-likeness (QED) is 0.556. The number of ether oxygens (including phenoxy) is 1. The van der Waals surface area contributed by atoms with E-state index in [1.54, 1.807) is 11.0 Å². The van der Waals surface area contributed by atoms with Crippen molar-refractivity contribution < 1.29 is 19.4 Å². The summed E-state index contributed by atoms with van der Waals surface area (Å²) in [7, 11) is 0. The first-order valence-corrected chi connectivity index (χ1v) is 6.01. The van der Waals surface area contributed by atoms with Crippen LogP contribution in [0, 0.1) is 11.8 Å². The summed E-state index contributed by atoms with van der Waals surface area (Å²) >= 11 is 0. The van der Waals surface area contributed by atoms with Gasteiger partial charge in [-0.2, -0.15) is 0 Å². The van der Waals surface area contributed by atoms with Crippen molar-refractivity contribution in [2.75, 3.05) is 6.54 Å². The van der Waals surface area contributed by atoms with Crippen molar-refractivity contribution in [3.63, 3.8) is 0 Å². The molecule has 17 heavy (non-hydrogen) atoms. The van der Waals surface area contributed by atoms with Gasteiger partial charge in [-0.05, 0) is 12.8 Å². The van der Waals surface area contributed by atoms with Gasteiger partial charge < -0.3 is 19.5 Å². The van der Waals surface area contributed by atoms with Crippen LogP contribution in [0.1, 0.15) is 12.8 Å². The smallest absolute Gasteiger partial charge is 0.230 e. The number of amides is 1. The maximum atomic E-state index is 12.3. The van der Waals surface area contributed by atoms with Gasteiger partial charge in [0, 0.05) is 17.9 Å². The standard InChI is InChI=1S/C12H13NO4/c14-10-9-8(11(15)16)7-3-4-12(9,17-7)5-13(10)6-1-2-6/h3-4,6-9H,1-2,5H2,(H,15,16)/p-1/t7-,8+,9-,12+/m1/s1. The van der Waals surface area contributed by atoms with Crippen molar-refractivity contribution in [2.45, 2.75) is 30.6 Å². The molecule has 0 radical (unpaired) electrons. The largest absolute Gasteiger partial charge is 0.550 e. The van der Waals surface area contributed by atoms with Crippen LogP contribution < -0.4 is 5.11 Å². The summed E-state index contributed by atoms with van der Waals surface area (Å²) in [5.74, 6) is -2.61. The molecule has 0 unspecified atom stereocenters. The highest BCUT2D eigenvalue weighted by molar-refractivity contribution is 5.90. The molecule has 5 nitrogen and oxygen atoms in total. The molecular formula is C12H12NO4-. The van der Waals surface area contributed by atoms with Gasteiger partial charge in [-0.25, -0.2) is 0 Å². The molecule has 4 rings (SSSR count). The van der Waals surface area contributed by atoms with Crippen LogP contribution in [0.15, 0.2) is 12.2 Å². The number of likely N-dealkylation sites (tertiary alicyclic amines) is 1. The molecule has 0 aromatic rings. The van der Waals surface area contributed by atoms with E-state index in [2.05, 4.69) is 0 Å². The molecule has 5 heteroatoms. The highest BCUT2D eigenvalue weighted by Gasteiger charge is 2.66. The fourth-order valence-electron chi connectivity index (χ4n) is 3.49. The summed E-state index contributed by atoms with van der Waals surface area (Å²) in [6.45, 7) is 0.512. The molecule has 90 valence electrons. The third kappa shape index (κ3) is 1.03. The molecule has 3 fully saturated rings. The number of nitrogens with zero attached hydrogens (tertiary/aromatic N) is 1. The van der Waals surface area contributed by atoms with Crippen molar-refractivity contribution in [2.24, 2.45) is 11.8 Å². The molecule has 1 saturated carbocycles. The lowest BCUT2D eigenvalue weighted by molar-refractivity contribution is -0.313. The molecule has 0 aromatic carbocycles. The van der Waals surface area contributed by atoms with Crippen LogP contribution in [0.3, 0.4) is 0 Å². The number of carbonyl (C=O) groups is 2. The van der Waals surface area contributed by atoms with Gasteiger partial charge in [0.05, 0.1) is 18.6 Å². The molecule has 3 aliphatic heterocycles. The first-order valence-electron chi connectivity index (χ1n) is 6.01. The second kappa shape index (κ2) is 2.72. The predicted octanol–water partition coefficient (Wildman–Crippen LogP) is -1.32. The van der Waals surface area contributed by atoms with Gasteiger partial charge >= 0.3 is 0 Å². The molecule has 0 aromatic heterocycles. The zero-order valence-corrected chi connectivity index (χ0v) is 9.17. The molecule has 1 amide bonds. The Hall–Kier alpha value is -1.36. The Labute approximate surface area is 98.0 Å². The number of aliphatic carboxylic acids is 1. The Morgan fingerprint density at radius 2 is 2.29 bits per heavy atom. The minimum absolute atomic E-state index is 0.0615. The normalized spacial score (nSPS) is 46.7. The van der Waals surface area contributed by atoms with Crippen LogP contribution in [0.5, 0.6) is 0 Å². The number of rotatable bonds is 2. The van der Waals surface area contributed by atoms with Crippen LogP contribution in [-0.4, -0.2) is 41.1 Å². The molecule has 4 aliphatic rings. The first kappa shape index (κ1) is 9.65. The first-order chi connectivity index (χ1) is 8.12.